The van der Waals surface area contributed by atoms with Crippen LogP contribution in [0, 0.1) is 10.1 Å². The van der Waals surface area contributed by atoms with Gasteiger partial charge in [0, 0.05) is 34.6 Å². The molecule has 0 aliphatic heterocycles. The Labute approximate surface area is 159 Å². The van der Waals surface area contributed by atoms with E-state index in [0.717, 1.165) is 16.6 Å². The molecule has 0 fully saturated rings. The summed E-state index contributed by atoms with van der Waals surface area (Å²) in [7, 11) is 0. The zero-order chi connectivity index (χ0) is 19.7. The number of non-ortho nitro benzene ring substituents is 1. The molecule has 0 spiro atoms. The Morgan fingerprint density at radius 3 is 2.43 bits per heavy atom. The second kappa shape index (κ2) is 6.84. The van der Waals surface area contributed by atoms with Crippen LogP contribution in [0.3, 0.4) is 0 Å². The zero-order valence-corrected chi connectivity index (χ0v) is 14.5. The number of rotatable bonds is 4. The van der Waals surface area contributed by atoms with Gasteiger partial charge in [-0.3, -0.25) is 14.9 Å². The van der Waals surface area contributed by atoms with Crippen molar-refractivity contribution in [2.45, 2.75) is 0 Å². The molecule has 0 saturated heterocycles. The van der Waals surface area contributed by atoms with Crippen LogP contribution >= 0.6 is 0 Å². The standard InChI is InChI=1S/C20H15N5O3/c21-14-5-1-12(2-6-14)19-23-17-10-7-15(11-18(17)24-19)22-20(26)13-3-8-16(9-4-13)25(27)28/h1-11H,21H2,(H,22,26)(H,23,24). The fourth-order valence-electron chi connectivity index (χ4n) is 2.80. The third kappa shape index (κ3) is 3.38. The molecule has 0 radical (unpaired) electrons. The normalized spacial score (nSPS) is 10.7. The molecule has 1 heterocycles. The first-order valence-corrected chi connectivity index (χ1v) is 8.41. The first-order chi connectivity index (χ1) is 13.5. The number of nitrogen functional groups attached to an aromatic ring is 1. The summed E-state index contributed by atoms with van der Waals surface area (Å²) in [5, 5.41) is 13.5. The van der Waals surface area contributed by atoms with Crippen LogP contribution in [0.5, 0.6) is 0 Å². The molecule has 0 saturated carbocycles. The van der Waals surface area contributed by atoms with Gasteiger partial charge in [0.05, 0.1) is 16.0 Å². The lowest BCUT2D eigenvalue weighted by molar-refractivity contribution is -0.384. The highest BCUT2D eigenvalue weighted by Gasteiger charge is 2.11. The molecule has 138 valence electrons. The summed E-state index contributed by atoms with van der Waals surface area (Å²) in [6, 6.07) is 18.1. The SMILES string of the molecule is Nc1ccc(-c2nc3ccc(NC(=O)c4ccc([N+](=O)[O-])cc4)cc3[nH]2)cc1. The summed E-state index contributed by atoms with van der Waals surface area (Å²) in [5.41, 5.74) is 9.68. The summed E-state index contributed by atoms with van der Waals surface area (Å²) in [6.45, 7) is 0. The average molecular weight is 373 g/mol. The second-order valence-electron chi connectivity index (χ2n) is 6.20. The summed E-state index contributed by atoms with van der Waals surface area (Å²) in [6.07, 6.45) is 0. The predicted molar refractivity (Wildman–Crippen MR) is 107 cm³/mol. The van der Waals surface area contributed by atoms with E-state index >= 15 is 0 Å². The van der Waals surface area contributed by atoms with Gasteiger partial charge >= 0.3 is 0 Å². The third-order valence-corrected chi connectivity index (χ3v) is 4.26. The monoisotopic (exact) mass is 373 g/mol. The molecule has 0 aliphatic rings. The molecule has 0 aliphatic carbocycles. The van der Waals surface area contributed by atoms with Gasteiger partial charge in [0.25, 0.3) is 11.6 Å². The van der Waals surface area contributed by atoms with E-state index in [4.69, 9.17) is 5.73 Å². The minimum Gasteiger partial charge on any atom is -0.399 e. The highest BCUT2D eigenvalue weighted by Crippen LogP contribution is 2.24. The first kappa shape index (κ1) is 17.2. The zero-order valence-electron chi connectivity index (χ0n) is 14.5. The fourth-order valence-corrected chi connectivity index (χ4v) is 2.80. The number of hydrogen-bond donors (Lipinski definition) is 3. The van der Waals surface area contributed by atoms with Crippen LogP contribution in [0.1, 0.15) is 10.4 Å². The van der Waals surface area contributed by atoms with E-state index in [0.29, 0.717) is 22.8 Å². The van der Waals surface area contributed by atoms with Gasteiger partial charge in [0.1, 0.15) is 5.82 Å². The minimum absolute atomic E-state index is 0.0642. The number of nitrogens with zero attached hydrogens (tertiary/aromatic N) is 2. The number of benzene rings is 3. The number of aromatic amines is 1. The van der Waals surface area contributed by atoms with Crippen LogP contribution in [0.15, 0.2) is 66.7 Å². The maximum absolute atomic E-state index is 12.4. The van der Waals surface area contributed by atoms with E-state index in [1.54, 1.807) is 30.3 Å². The van der Waals surface area contributed by atoms with Gasteiger partial charge in [-0.15, -0.1) is 0 Å². The largest absolute Gasteiger partial charge is 0.399 e. The summed E-state index contributed by atoms with van der Waals surface area (Å²) < 4.78 is 0. The van der Waals surface area contributed by atoms with Crippen molar-refractivity contribution in [3.8, 4) is 11.4 Å². The van der Waals surface area contributed by atoms with Crippen molar-refractivity contribution in [2.75, 3.05) is 11.1 Å². The Hall–Kier alpha value is -4.20. The van der Waals surface area contributed by atoms with Gasteiger partial charge in [-0.1, -0.05) is 0 Å². The molecular formula is C20H15N5O3. The number of fused-ring (bicyclic) bond motifs is 1. The maximum Gasteiger partial charge on any atom is 0.269 e. The summed E-state index contributed by atoms with van der Waals surface area (Å²) >= 11 is 0. The van der Waals surface area contributed by atoms with Crippen molar-refractivity contribution in [3.63, 3.8) is 0 Å². The lowest BCUT2D eigenvalue weighted by Gasteiger charge is -2.05. The number of carbonyl (C=O) groups excluding carboxylic acids is 1. The highest BCUT2D eigenvalue weighted by molar-refractivity contribution is 6.05. The van der Waals surface area contributed by atoms with E-state index < -0.39 is 4.92 Å². The molecule has 28 heavy (non-hydrogen) atoms. The Morgan fingerprint density at radius 1 is 1.04 bits per heavy atom. The topological polar surface area (TPSA) is 127 Å². The number of nitrogens with two attached hydrogens (primary N) is 1. The molecule has 8 heteroatoms. The number of nitrogens with one attached hydrogen (secondary N) is 2. The molecule has 0 atom stereocenters. The number of nitro groups is 1. The number of imidazole rings is 1. The van der Waals surface area contributed by atoms with Crippen molar-refractivity contribution in [1.82, 2.24) is 9.97 Å². The maximum atomic E-state index is 12.4. The summed E-state index contributed by atoms with van der Waals surface area (Å²) in [5.74, 6) is 0.348. The van der Waals surface area contributed by atoms with Gasteiger partial charge in [-0.2, -0.15) is 0 Å². The number of H-pyrrole nitrogens is 1. The molecule has 0 unspecified atom stereocenters. The van der Waals surface area contributed by atoms with Crippen LogP contribution in [0.25, 0.3) is 22.4 Å². The van der Waals surface area contributed by atoms with Crippen molar-refractivity contribution in [1.29, 1.82) is 0 Å². The molecule has 3 aromatic carbocycles. The van der Waals surface area contributed by atoms with Crippen LogP contribution in [0.4, 0.5) is 17.1 Å². The lowest BCUT2D eigenvalue weighted by Crippen LogP contribution is -2.11. The molecule has 8 nitrogen and oxygen atoms in total. The number of amides is 1. The van der Waals surface area contributed by atoms with Gasteiger partial charge in [0.15, 0.2) is 0 Å². The number of carbonyl (C=O) groups is 1. The number of anilines is 2. The van der Waals surface area contributed by atoms with Crippen molar-refractivity contribution in [3.05, 3.63) is 82.4 Å². The van der Waals surface area contributed by atoms with Crippen molar-refractivity contribution >= 4 is 34.0 Å². The average Bonchev–Trinajstić information content (AvgIpc) is 3.12. The van der Waals surface area contributed by atoms with Gasteiger partial charge in [0.2, 0.25) is 0 Å². The molecule has 0 bridgehead atoms. The van der Waals surface area contributed by atoms with Crippen LogP contribution in [0.2, 0.25) is 0 Å². The Bertz CT molecular complexity index is 1180. The van der Waals surface area contributed by atoms with Gasteiger partial charge < -0.3 is 16.0 Å². The molecule has 1 aromatic heterocycles. The second-order valence-corrected chi connectivity index (χ2v) is 6.20. The number of nitro benzene ring substituents is 1. The Kier molecular flexibility index (Phi) is 4.21. The highest BCUT2D eigenvalue weighted by atomic mass is 16.6. The quantitative estimate of drug-likeness (QED) is 0.283. The first-order valence-electron chi connectivity index (χ1n) is 8.41. The number of aromatic nitrogens is 2. The predicted octanol–water partition coefficient (Wildman–Crippen LogP) is 3.97. The number of hydrogen-bond acceptors (Lipinski definition) is 5. The van der Waals surface area contributed by atoms with E-state index in [1.807, 2.05) is 12.1 Å². The van der Waals surface area contributed by atoms with Gasteiger partial charge in [-0.25, -0.2) is 4.98 Å². The molecule has 1 amide bonds. The van der Waals surface area contributed by atoms with Crippen LogP contribution in [-0.2, 0) is 0 Å². The van der Waals surface area contributed by atoms with Crippen LogP contribution < -0.4 is 11.1 Å². The molecule has 4 N–H and O–H groups in total. The molecule has 4 rings (SSSR count). The third-order valence-electron chi connectivity index (χ3n) is 4.26. The molecule has 4 aromatic rings. The molecular weight excluding hydrogens is 358 g/mol. The Morgan fingerprint density at radius 2 is 1.75 bits per heavy atom. The van der Waals surface area contributed by atoms with Crippen molar-refractivity contribution in [2.24, 2.45) is 0 Å². The van der Waals surface area contributed by atoms with Crippen molar-refractivity contribution < 1.29 is 9.72 Å². The van der Waals surface area contributed by atoms with E-state index in [1.165, 1.54) is 24.3 Å². The Balaban J connectivity index is 1.56. The lowest BCUT2D eigenvalue weighted by atomic mass is 10.2. The fraction of sp³-hybridized carbons (Fsp3) is 0. The van der Waals surface area contributed by atoms with E-state index in [-0.39, 0.29) is 11.6 Å². The van der Waals surface area contributed by atoms with Gasteiger partial charge in [-0.05, 0) is 54.6 Å². The summed E-state index contributed by atoms with van der Waals surface area (Å²) in [4.78, 5) is 30.3. The van der Waals surface area contributed by atoms with E-state index in [9.17, 15) is 14.9 Å². The smallest absolute Gasteiger partial charge is 0.269 e. The van der Waals surface area contributed by atoms with Crippen LogP contribution in [-0.4, -0.2) is 20.8 Å². The minimum atomic E-state index is -0.507. The van der Waals surface area contributed by atoms with E-state index in [2.05, 4.69) is 15.3 Å².